The predicted molar refractivity (Wildman–Crippen MR) is 145 cm³/mol. The van der Waals surface area contributed by atoms with Crippen molar-refractivity contribution in [2.75, 3.05) is 0 Å². The van der Waals surface area contributed by atoms with Crippen LogP contribution >= 0.6 is 0 Å². The smallest absolute Gasteiger partial charge is 0.225 e. The summed E-state index contributed by atoms with van der Waals surface area (Å²) in [4.78, 5) is 17.4. The highest BCUT2D eigenvalue weighted by Crippen LogP contribution is 2.33. The first kappa shape index (κ1) is 23.2. The summed E-state index contributed by atoms with van der Waals surface area (Å²) in [6.45, 7) is 5.66. The number of carbonyl (C=O) groups excluding carboxylic acids is 1. The molecule has 0 aliphatic heterocycles. The highest BCUT2D eigenvalue weighted by atomic mass is 16.4. The minimum atomic E-state index is -1.44. The third kappa shape index (κ3) is 5.18. The molecule has 5 rings (SSSR count). The first-order chi connectivity index (χ1) is 18.2. The normalized spacial score (nSPS) is 15.0. The standard InChI is InChI=1S/C32H30N2O3/c1-21-9-11-27(22(2)17-21)31(24-7-5-4-6-8-24)34-30(35)19-23-10-12-28-25(18-23)20-29(37-28)32(3,36)26-13-15-33-16-14-26/h4-18,20,31,36H,19H2,1-3H3,(H,34,35)/i31D. The summed E-state index contributed by atoms with van der Waals surface area (Å²) in [7, 11) is 0. The van der Waals surface area contributed by atoms with Crippen molar-refractivity contribution in [2.24, 2.45) is 0 Å². The molecule has 2 aromatic heterocycles. The number of nitrogens with zero attached hydrogens (tertiary/aromatic N) is 1. The topological polar surface area (TPSA) is 75.4 Å². The van der Waals surface area contributed by atoms with Crippen molar-refractivity contribution in [3.05, 3.63) is 136 Å². The zero-order valence-electron chi connectivity index (χ0n) is 22.2. The zero-order chi connectivity index (χ0) is 26.9. The van der Waals surface area contributed by atoms with Crippen LogP contribution in [0.4, 0.5) is 0 Å². The van der Waals surface area contributed by atoms with Gasteiger partial charge in [-0.25, -0.2) is 0 Å². The SMILES string of the molecule is [2H]C(NC(=O)Cc1ccc2oc(C(C)(O)c3ccncc3)cc2c1)(c1ccccc1)c1ccc(C)cc1C. The summed E-state index contributed by atoms with van der Waals surface area (Å²) >= 11 is 0. The molecule has 2 atom stereocenters. The molecule has 2 unspecified atom stereocenters. The van der Waals surface area contributed by atoms with E-state index in [4.69, 9.17) is 4.42 Å². The van der Waals surface area contributed by atoms with E-state index in [0.29, 0.717) is 22.5 Å². The Balaban J connectivity index is 1.42. The van der Waals surface area contributed by atoms with Crippen LogP contribution in [0.1, 0.15) is 53.5 Å². The average Bonchev–Trinajstić information content (AvgIpc) is 3.34. The van der Waals surface area contributed by atoms with Gasteiger partial charge in [0.25, 0.3) is 0 Å². The van der Waals surface area contributed by atoms with E-state index < -0.39 is 11.6 Å². The molecule has 0 aliphatic carbocycles. The summed E-state index contributed by atoms with van der Waals surface area (Å²) < 4.78 is 15.4. The molecular weight excluding hydrogens is 460 g/mol. The fraction of sp³-hybridized carbons (Fsp3) is 0.188. The average molecular weight is 492 g/mol. The molecule has 2 heterocycles. The molecule has 1 amide bonds. The van der Waals surface area contributed by atoms with Crippen molar-refractivity contribution >= 4 is 16.9 Å². The van der Waals surface area contributed by atoms with Gasteiger partial charge >= 0.3 is 0 Å². The van der Waals surface area contributed by atoms with Gasteiger partial charge in [0, 0.05) is 17.8 Å². The summed E-state index contributed by atoms with van der Waals surface area (Å²) in [5, 5.41) is 14.9. The molecule has 0 saturated heterocycles. The second-order valence-corrected chi connectivity index (χ2v) is 9.58. The number of nitrogens with one attached hydrogen (secondary N) is 1. The van der Waals surface area contributed by atoms with Gasteiger partial charge in [-0.15, -0.1) is 0 Å². The lowest BCUT2D eigenvalue weighted by atomic mass is 9.93. The van der Waals surface area contributed by atoms with Crippen LogP contribution in [0.2, 0.25) is 0 Å². The van der Waals surface area contributed by atoms with Gasteiger partial charge in [-0.05, 0) is 78.9 Å². The van der Waals surface area contributed by atoms with E-state index in [1.807, 2.05) is 74.5 Å². The molecule has 5 aromatic rings. The van der Waals surface area contributed by atoms with Crippen molar-refractivity contribution < 1.29 is 15.7 Å². The number of pyridine rings is 1. The number of aryl methyl sites for hydroxylation is 2. The fourth-order valence-corrected chi connectivity index (χ4v) is 4.62. The number of amides is 1. The minimum Gasteiger partial charge on any atom is -0.458 e. The number of carbonyl (C=O) groups is 1. The van der Waals surface area contributed by atoms with Gasteiger partial charge in [0.2, 0.25) is 5.91 Å². The van der Waals surface area contributed by atoms with Crippen LogP contribution in [0.5, 0.6) is 0 Å². The van der Waals surface area contributed by atoms with E-state index in [-0.39, 0.29) is 12.3 Å². The molecule has 0 saturated carbocycles. The van der Waals surface area contributed by atoms with Gasteiger partial charge in [0.15, 0.2) is 0 Å². The Morgan fingerprint density at radius 3 is 2.51 bits per heavy atom. The molecule has 0 spiro atoms. The van der Waals surface area contributed by atoms with Gasteiger partial charge in [-0.3, -0.25) is 9.78 Å². The highest BCUT2D eigenvalue weighted by molar-refractivity contribution is 5.83. The second-order valence-electron chi connectivity index (χ2n) is 9.58. The Labute approximate surface area is 218 Å². The van der Waals surface area contributed by atoms with Crippen LogP contribution < -0.4 is 5.32 Å². The molecule has 37 heavy (non-hydrogen) atoms. The molecule has 5 nitrogen and oxygen atoms in total. The second kappa shape index (κ2) is 10.0. The third-order valence-corrected chi connectivity index (χ3v) is 6.65. The van der Waals surface area contributed by atoms with Crippen molar-refractivity contribution in [1.82, 2.24) is 10.3 Å². The Kier molecular flexibility index (Phi) is 6.29. The first-order valence-corrected chi connectivity index (χ1v) is 12.3. The van der Waals surface area contributed by atoms with Crippen LogP contribution in [-0.2, 0) is 16.8 Å². The number of benzene rings is 3. The van der Waals surface area contributed by atoms with Gasteiger partial charge in [0.05, 0.1) is 13.8 Å². The molecule has 2 N–H and O–H groups in total. The van der Waals surface area contributed by atoms with Gasteiger partial charge in [-0.1, -0.05) is 60.2 Å². The van der Waals surface area contributed by atoms with Crippen LogP contribution in [0.25, 0.3) is 11.0 Å². The molecule has 5 heteroatoms. The summed E-state index contributed by atoms with van der Waals surface area (Å²) in [5.41, 5.74) is 4.21. The van der Waals surface area contributed by atoms with Crippen LogP contribution in [-0.4, -0.2) is 16.0 Å². The lowest BCUT2D eigenvalue weighted by molar-refractivity contribution is -0.120. The molecule has 186 valence electrons. The molecule has 0 bridgehead atoms. The minimum absolute atomic E-state index is 0.0928. The first-order valence-electron chi connectivity index (χ1n) is 12.8. The maximum atomic E-state index is 13.3. The maximum absolute atomic E-state index is 13.3. The van der Waals surface area contributed by atoms with Gasteiger partial charge in [0.1, 0.15) is 16.9 Å². The lowest BCUT2D eigenvalue weighted by Gasteiger charge is -2.22. The molecule has 0 aliphatic rings. The Hall–Kier alpha value is -4.22. The van der Waals surface area contributed by atoms with Crippen molar-refractivity contribution in [2.45, 2.75) is 38.8 Å². The monoisotopic (exact) mass is 491 g/mol. The number of hydrogen-bond donors (Lipinski definition) is 2. The van der Waals surface area contributed by atoms with E-state index in [9.17, 15) is 11.3 Å². The molecule has 0 radical (unpaired) electrons. The Bertz CT molecular complexity index is 1600. The quantitative estimate of drug-likeness (QED) is 0.286. The van der Waals surface area contributed by atoms with E-state index in [0.717, 1.165) is 27.6 Å². The largest absolute Gasteiger partial charge is 0.458 e. The lowest BCUT2D eigenvalue weighted by Crippen LogP contribution is -2.31. The van der Waals surface area contributed by atoms with Gasteiger partial charge < -0.3 is 14.8 Å². The van der Waals surface area contributed by atoms with E-state index >= 15 is 0 Å². The Morgan fingerprint density at radius 1 is 1.03 bits per heavy atom. The highest BCUT2D eigenvalue weighted by Gasteiger charge is 2.30. The predicted octanol–water partition coefficient (Wildman–Crippen LogP) is 6.15. The fourth-order valence-electron chi connectivity index (χ4n) is 4.62. The van der Waals surface area contributed by atoms with Crippen LogP contribution in [0, 0.1) is 13.8 Å². The number of hydrogen-bond acceptors (Lipinski definition) is 4. The molecule has 0 fully saturated rings. The number of aromatic nitrogens is 1. The molecule has 3 aromatic carbocycles. The number of aliphatic hydroxyl groups is 1. The van der Waals surface area contributed by atoms with Crippen molar-refractivity contribution in [1.29, 1.82) is 0 Å². The van der Waals surface area contributed by atoms with Crippen LogP contribution in [0.3, 0.4) is 0 Å². The summed E-state index contributed by atoms with van der Waals surface area (Å²) in [6, 6.07) is 24.7. The van der Waals surface area contributed by atoms with Gasteiger partial charge in [-0.2, -0.15) is 0 Å². The maximum Gasteiger partial charge on any atom is 0.225 e. The number of rotatable bonds is 7. The zero-order valence-corrected chi connectivity index (χ0v) is 21.2. The van der Waals surface area contributed by atoms with Crippen molar-refractivity contribution in [3.8, 4) is 0 Å². The summed E-state index contributed by atoms with van der Waals surface area (Å²) in [5.74, 6) is 0.139. The third-order valence-electron chi connectivity index (χ3n) is 6.65. The van der Waals surface area contributed by atoms with E-state index in [1.54, 1.807) is 43.6 Å². The number of furan rings is 1. The molecular formula is C32H30N2O3. The van der Waals surface area contributed by atoms with E-state index in [1.165, 1.54) is 0 Å². The van der Waals surface area contributed by atoms with Crippen LogP contribution in [0.15, 0.2) is 102 Å². The number of fused-ring (bicyclic) bond motifs is 1. The summed E-state index contributed by atoms with van der Waals surface area (Å²) in [6.07, 6.45) is 3.35. The Morgan fingerprint density at radius 2 is 1.78 bits per heavy atom. The van der Waals surface area contributed by atoms with E-state index in [2.05, 4.69) is 10.3 Å². The van der Waals surface area contributed by atoms with Crippen molar-refractivity contribution in [3.63, 3.8) is 0 Å².